The summed E-state index contributed by atoms with van der Waals surface area (Å²) in [5.74, 6) is 0. The van der Waals surface area contributed by atoms with Crippen molar-refractivity contribution in [1.29, 1.82) is 5.26 Å². The molecule has 1 spiro atoms. The van der Waals surface area contributed by atoms with Gasteiger partial charge in [-0.2, -0.15) is 5.26 Å². The maximum atomic E-state index is 9.89. The standard InChI is InChI=1S/C38H22N2/c39-23-24-18-19-34-29(20-24)30-22-37-31(28-14-6-9-17-36(28)40(37)25-10-2-1-3-11-25)21-35(30)38(34)32-15-7-4-12-26(32)27-13-5-8-16-33(27)38/h1-22H. The summed E-state index contributed by atoms with van der Waals surface area (Å²) in [6, 6.07) is 50.5. The van der Waals surface area contributed by atoms with Crippen LogP contribution in [0, 0.1) is 11.3 Å². The Kier molecular flexibility index (Phi) is 4.09. The van der Waals surface area contributed by atoms with Crippen molar-refractivity contribution in [2.75, 3.05) is 0 Å². The first-order valence-electron chi connectivity index (χ1n) is 13.7. The van der Waals surface area contributed by atoms with Crippen LogP contribution in [-0.2, 0) is 5.41 Å². The van der Waals surface area contributed by atoms with Gasteiger partial charge in [0.2, 0.25) is 0 Å². The highest BCUT2D eigenvalue weighted by Crippen LogP contribution is 2.63. The number of hydrogen-bond donors (Lipinski definition) is 0. The Morgan fingerprint density at radius 2 is 1.10 bits per heavy atom. The molecule has 0 amide bonds. The molecule has 1 aromatic heterocycles. The molecule has 0 atom stereocenters. The first-order chi connectivity index (χ1) is 19.8. The molecule has 0 radical (unpaired) electrons. The molecule has 184 valence electrons. The van der Waals surface area contributed by atoms with E-state index in [1.54, 1.807) is 0 Å². The van der Waals surface area contributed by atoms with Gasteiger partial charge in [0.25, 0.3) is 0 Å². The molecule has 0 saturated carbocycles. The lowest BCUT2D eigenvalue weighted by atomic mass is 9.70. The molecule has 0 N–H and O–H groups in total. The van der Waals surface area contributed by atoms with E-state index in [1.807, 2.05) is 6.07 Å². The predicted octanol–water partition coefficient (Wildman–Crippen LogP) is 9.00. The highest BCUT2D eigenvalue weighted by Gasteiger charge is 2.51. The molecule has 0 unspecified atom stereocenters. The largest absolute Gasteiger partial charge is 0.309 e. The molecule has 9 rings (SSSR count). The summed E-state index contributed by atoms with van der Waals surface area (Å²) in [6.45, 7) is 0. The highest BCUT2D eigenvalue weighted by atomic mass is 15.0. The number of aromatic nitrogens is 1. The van der Waals surface area contributed by atoms with Crippen molar-refractivity contribution < 1.29 is 0 Å². The highest BCUT2D eigenvalue weighted by molar-refractivity contribution is 6.12. The second-order valence-corrected chi connectivity index (χ2v) is 10.8. The molecular formula is C38H22N2. The Hall–Kier alpha value is -5.39. The second kappa shape index (κ2) is 7.59. The number of rotatable bonds is 1. The molecule has 7 aromatic rings. The maximum absolute atomic E-state index is 9.89. The van der Waals surface area contributed by atoms with Gasteiger partial charge in [-0.3, -0.25) is 0 Å². The lowest BCUT2D eigenvalue weighted by Crippen LogP contribution is -2.25. The van der Waals surface area contributed by atoms with Crippen molar-refractivity contribution in [3.8, 4) is 34.0 Å². The molecule has 1 heterocycles. The summed E-state index contributed by atoms with van der Waals surface area (Å²) in [6.07, 6.45) is 0. The zero-order chi connectivity index (χ0) is 26.4. The SMILES string of the molecule is N#Cc1ccc2c(c1)-c1cc3c(cc1C21c2ccccc2-c2ccccc21)c1ccccc1n3-c1ccccc1. The summed E-state index contributed by atoms with van der Waals surface area (Å²) in [5.41, 5.74) is 13.8. The van der Waals surface area contributed by atoms with Crippen LogP contribution in [0.3, 0.4) is 0 Å². The van der Waals surface area contributed by atoms with Gasteiger partial charge in [0, 0.05) is 16.5 Å². The fourth-order valence-electron chi connectivity index (χ4n) is 7.53. The number of benzene rings is 6. The predicted molar refractivity (Wildman–Crippen MR) is 162 cm³/mol. The van der Waals surface area contributed by atoms with E-state index in [9.17, 15) is 5.26 Å². The van der Waals surface area contributed by atoms with E-state index in [4.69, 9.17) is 0 Å². The summed E-state index contributed by atoms with van der Waals surface area (Å²) in [7, 11) is 0. The van der Waals surface area contributed by atoms with E-state index < -0.39 is 5.41 Å². The van der Waals surface area contributed by atoms with E-state index in [2.05, 4.69) is 138 Å². The van der Waals surface area contributed by atoms with Gasteiger partial charge in [0.15, 0.2) is 0 Å². The first-order valence-corrected chi connectivity index (χ1v) is 13.7. The number of fused-ring (bicyclic) bond motifs is 13. The van der Waals surface area contributed by atoms with Gasteiger partial charge < -0.3 is 4.57 Å². The average molecular weight is 507 g/mol. The third-order valence-corrected chi connectivity index (χ3v) is 9.03. The minimum Gasteiger partial charge on any atom is -0.309 e. The Labute approximate surface area is 232 Å². The number of nitrogens with zero attached hydrogens (tertiary/aromatic N) is 2. The van der Waals surface area contributed by atoms with Crippen LogP contribution in [0.4, 0.5) is 0 Å². The number of para-hydroxylation sites is 2. The minimum atomic E-state index is -0.435. The van der Waals surface area contributed by atoms with Crippen LogP contribution in [0.5, 0.6) is 0 Å². The van der Waals surface area contributed by atoms with Crippen molar-refractivity contribution in [1.82, 2.24) is 4.57 Å². The molecule has 0 fully saturated rings. The van der Waals surface area contributed by atoms with Gasteiger partial charge in [-0.05, 0) is 87.0 Å². The van der Waals surface area contributed by atoms with E-state index >= 15 is 0 Å². The van der Waals surface area contributed by atoms with E-state index in [0.717, 1.165) is 11.3 Å². The van der Waals surface area contributed by atoms with Crippen molar-refractivity contribution in [2.45, 2.75) is 5.41 Å². The third kappa shape index (κ3) is 2.48. The summed E-state index contributed by atoms with van der Waals surface area (Å²) in [5, 5.41) is 12.4. The quantitative estimate of drug-likeness (QED) is 0.218. The molecule has 0 bridgehead atoms. The molecule has 6 aromatic carbocycles. The van der Waals surface area contributed by atoms with Crippen molar-refractivity contribution in [2.24, 2.45) is 0 Å². The van der Waals surface area contributed by atoms with Crippen molar-refractivity contribution in [3.05, 3.63) is 161 Å². The Morgan fingerprint density at radius 3 is 1.85 bits per heavy atom. The van der Waals surface area contributed by atoms with Gasteiger partial charge in [-0.15, -0.1) is 0 Å². The van der Waals surface area contributed by atoms with Crippen molar-refractivity contribution in [3.63, 3.8) is 0 Å². The topological polar surface area (TPSA) is 28.7 Å². The molecule has 2 nitrogen and oxygen atoms in total. The number of nitriles is 1. The molecule has 2 aliphatic carbocycles. The molecular weight excluding hydrogens is 484 g/mol. The Bertz CT molecular complexity index is 2180. The third-order valence-electron chi connectivity index (χ3n) is 9.03. The van der Waals surface area contributed by atoms with Crippen LogP contribution in [0.15, 0.2) is 133 Å². The lowest BCUT2D eigenvalue weighted by molar-refractivity contribution is 0.795. The van der Waals surface area contributed by atoms with E-state index in [0.29, 0.717) is 5.56 Å². The monoisotopic (exact) mass is 506 g/mol. The molecule has 40 heavy (non-hydrogen) atoms. The van der Waals surface area contributed by atoms with Gasteiger partial charge in [-0.25, -0.2) is 0 Å². The normalized spacial score (nSPS) is 13.7. The second-order valence-electron chi connectivity index (χ2n) is 10.8. The van der Waals surface area contributed by atoms with E-state index in [-0.39, 0.29) is 0 Å². The first kappa shape index (κ1) is 21.5. The molecule has 0 saturated heterocycles. The van der Waals surface area contributed by atoms with Gasteiger partial charge in [0.1, 0.15) is 0 Å². The Balaban J connectivity index is 1.50. The molecule has 2 heteroatoms. The summed E-state index contributed by atoms with van der Waals surface area (Å²) in [4.78, 5) is 0. The van der Waals surface area contributed by atoms with Gasteiger partial charge in [-0.1, -0.05) is 91.0 Å². The fourth-order valence-corrected chi connectivity index (χ4v) is 7.53. The van der Waals surface area contributed by atoms with Crippen LogP contribution < -0.4 is 0 Å². The fraction of sp³-hybridized carbons (Fsp3) is 0.0263. The number of hydrogen-bond acceptors (Lipinski definition) is 1. The summed E-state index contributed by atoms with van der Waals surface area (Å²) >= 11 is 0. The van der Waals surface area contributed by atoms with Gasteiger partial charge >= 0.3 is 0 Å². The smallest absolute Gasteiger partial charge is 0.0991 e. The molecule has 2 aliphatic rings. The molecule has 0 aliphatic heterocycles. The van der Waals surface area contributed by atoms with E-state index in [1.165, 1.54) is 60.8 Å². The van der Waals surface area contributed by atoms with Crippen LogP contribution in [-0.4, -0.2) is 4.57 Å². The average Bonchev–Trinajstić information content (AvgIpc) is 3.61. The Morgan fingerprint density at radius 1 is 0.475 bits per heavy atom. The summed E-state index contributed by atoms with van der Waals surface area (Å²) < 4.78 is 2.38. The minimum absolute atomic E-state index is 0.435. The lowest BCUT2D eigenvalue weighted by Gasteiger charge is -2.30. The van der Waals surface area contributed by atoms with Crippen LogP contribution in [0.2, 0.25) is 0 Å². The van der Waals surface area contributed by atoms with Gasteiger partial charge in [0.05, 0.1) is 28.1 Å². The van der Waals surface area contributed by atoms with Crippen LogP contribution in [0.1, 0.15) is 27.8 Å². The zero-order valence-electron chi connectivity index (χ0n) is 21.6. The van der Waals surface area contributed by atoms with Crippen LogP contribution in [0.25, 0.3) is 49.7 Å². The zero-order valence-corrected chi connectivity index (χ0v) is 21.6. The van der Waals surface area contributed by atoms with Crippen LogP contribution >= 0.6 is 0 Å². The maximum Gasteiger partial charge on any atom is 0.0991 e. The van der Waals surface area contributed by atoms with Crippen molar-refractivity contribution >= 4 is 21.8 Å².